The molecule has 8 heteroatoms. The fourth-order valence-electron chi connectivity index (χ4n) is 1.55. The van der Waals surface area contributed by atoms with Crippen LogP contribution in [0.2, 0.25) is 0 Å². The summed E-state index contributed by atoms with van der Waals surface area (Å²) in [6.45, 7) is 1.56. The van der Waals surface area contributed by atoms with Gasteiger partial charge in [-0.3, -0.25) is 10.1 Å². The largest absolute Gasteiger partial charge is 0.462 e. The summed E-state index contributed by atoms with van der Waals surface area (Å²) in [5, 5.41) is 18.0. The highest BCUT2D eigenvalue weighted by Crippen LogP contribution is 2.28. The summed E-state index contributed by atoms with van der Waals surface area (Å²) in [7, 11) is 1.19. The van der Waals surface area contributed by atoms with E-state index < -0.39 is 10.9 Å². The number of ether oxygens (including phenoxy) is 1. The third kappa shape index (κ3) is 2.28. The lowest BCUT2D eigenvalue weighted by Crippen LogP contribution is -2.00. The zero-order chi connectivity index (χ0) is 14.0. The molecule has 1 aromatic heterocycles. The molecule has 0 amide bonds. The van der Waals surface area contributed by atoms with Crippen LogP contribution in [0.1, 0.15) is 16.2 Å². The van der Waals surface area contributed by atoms with Crippen molar-refractivity contribution >= 4 is 11.7 Å². The molecule has 19 heavy (non-hydrogen) atoms. The second-order valence-corrected chi connectivity index (χ2v) is 3.61. The van der Waals surface area contributed by atoms with Gasteiger partial charge in [-0.1, -0.05) is 6.07 Å². The Balaban J connectivity index is 2.48. The molecule has 8 nitrogen and oxygen atoms in total. The molecule has 98 valence electrons. The average molecular weight is 263 g/mol. The lowest BCUT2D eigenvalue weighted by molar-refractivity contribution is -0.385. The summed E-state index contributed by atoms with van der Waals surface area (Å²) >= 11 is 0. The van der Waals surface area contributed by atoms with Crippen LogP contribution in [-0.2, 0) is 4.74 Å². The SMILES string of the molecule is COC(=O)c1nnc(-c2cccc([N+](=O)[O-])c2C)o1. The highest BCUT2D eigenvalue weighted by Gasteiger charge is 2.20. The molecule has 0 spiro atoms. The van der Waals surface area contributed by atoms with Crippen LogP contribution in [0.5, 0.6) is 0 Å². The van der Waals surface area contributed by atoms with Crippen LogP contribution in [0.4, 0.5) is 5.69 Å². The third-order valence-electron chi connectivity index (χ3n) is 2.52. The summed E-state index contributed by atoms with van der Waals surface area (Å²) in [6, 6.07) is 4.47. The number of hydrogen-bond acceptors (Lipinski definition) is 7. The average Bonchev–Trinajstić information content (AvgIpc) is 2.87. The molecule has 2 aromatic rings. The third-order valence-corrected chi connectivity index (χ3v) is 2.52. The van der Waals surface area contributed by atoms with E-state index in [0.717, 1.165) is 0 Å². The zero-order valence-electron chi connectivity index (χ0n) is 10.1. The Morgan fingerprint density at radius 1 is 1.42 bits per heavy atom. The normalized spacial score (nSPS) is 10.2. The number of carbonyl (C=O) groups excluding carboxylic acids is 1. The first-order valence-electron chi connectivity index (χ1n) is 5.20. The van der Waals surface area contributed by atoms with Crippen LogP contribution < -0.4 is 0 Å². The molecule has 0 unspecified atom stereocenters. The number of methoxy groups -OCH3 is 1. The summed E-state index contributed by atoms with van der Waals surface area (Å²) < 4.78 is 9.55. The number of carbonyl (C=O) groups is 1. The number of esters is 1. The number of nitro benzene ring substituents is 1. The highest BCUT2D eigenvalue weighted by molar-refractivity contribution is 5.84. The minimum Gasteiger partial charge on any atom is -0.462 e. The highest BCUT2D eigenvalue weighted by atomic mass is 16.6. The van der Waals surface area contributed by atoms with Crippen LogP contribution in [0.25, 0.3) is 11.5 Å². The zero-order valence-corrected chi connectivity index (χ0v) is 10.1. The molecule has 2 rings (SSSR count). The number of rotatable bonds is 3. The van der Waals surface area contributed by atoms with Crippen molar-refractivity contribution in [1.29, 1.82) is 0 Å². The number of nitro groups is 1. The monoisotopic (exact) mass is 263 g/mol. The molecule has 0 aliphatic carbocycles. The van der Waals surface area contributed by atoms with E-state index in [1.807, 2.05) is 0 Å². The molecule has 0 bridgehead atoms. The Labute approximate surface area is 107 Å². The molecule has 0 N–H and O–H groups in total. The smallest absolute Gasteiger partial charge is 0.396 e. The number of benzene rings is 1. The van der Waals surface area contributed by atoms with Gasteiger partial charge < -0.3 is 9.15 Å². The summed E-state index contributed by atoms with van der Waals surface area (Å²) in [6.07, 6.45) is 0. The predicted octanol–water partition coefficient (Wildman–Crippen LogP) is 1.74. The van der Waals surface area contributed by atoms with Crippen molar-refractivity contribution in [3.63, 3.8) is 0 Å². The van der Waals surface area contributed by atoms with E-state index in [1.165, 1.54) is 19.2 Å². The standard InChI is InChI=1S/C11H9N3O5/c1-6-7(4-3-5-8(6)14(16)17)9-12-13-10(19-9)11(15)18-2/h3-5H,1-2H3. The minimum absolute atomic E-state index is 0.0293. The van der Waals surface area contributed by atoms with Crippen LogP contribution >= 0.6 is 0 Å². The molecule has 0 radical (unpaired) electrons. The van der Waals surface area contributed by atoms with E-state index in [2.05, 4.69) is 14.9 Å². The second-order valence-electron chi connectivity index (χ2n) is 3.61. The van der Waals surface area contributed by atoms with Crippen LogP contribution in [-0.4, -0.2) is 28.2 Å². The maximum atomic E-state index is 11.2. The molecular formula is C11H9N3O5. The maximum absolute atomic E-state index is 11.2. The van der Waals surface area contributed by atoms with Gasteiger partial charge >= 0.3 is 11.9 Å². The summed E-state index contributed by atoms with van der Waals surface area (Å²) in [4.78, 5) is 21.5. The topological polar surface area (TPSA) is 108 Å². The predicted molar refractivity (Wildman–Crippen MR) is 62.5 cm³/mol. The van der Waals surface area contributed by atoms with Gasteiger partial charge in [-0.2, -0.15) is 0 Å². The quantitative estimate of drug-likeness (QED) is 0.471. The Hall–Kier alpha value is -2.77. The molecule has 1 heterocycles. The summed E-state index contributed by atoms with van der Waals surface area (Å²) in [5.74, 6) is -1.04. The van der Waals surface area contributed by atoms with Gasteiger partial charge in [0.1, 0.15) is 0 Å². The van der Waals surface area contributed by atoms with E-state index in [4.69, 9.17) is 4.42 Å². The van der Waals surface area contributed by atoms with Gasteiger partial charge in [0, 0.05) is 17.2 Å². The van der Waals surface area contributed by atoms with Crippen LogP contribution in [0.3, 0.4) is 0 Å². The van der Waals surface area contributed by atoms with Gasteiger partial charge in [0.05, 0.1) is 12.0 Å². The van der Waals surface area contributed by atoms with Crippen molar-refractivity contribution in [2.75, 3.05) is 7.11 Å². The first-order valence-corrected chi connectivity index (χ1v) is 5.20. The van der Waals surface area contributed by atoms with Crippen LogP contribution in [0.15, 0.2) is 22.6 Å². The van der Waals surface area contributed by atoms with Crippen molar-refractivity contribution in [3.05, 3.63) is 39.8 Å². The van der Waals surface area contributed by atoms with Crippen molar-refractivity contribution in [1.82, 2.24) is 10.2 Å². The van der Waals surface area contributed by atoms with Crippen molar-refractivity contribution in [3.8, 4) is 11.5 Å². The number of hydrogen-bond donors (Lipinski definition) is 0. The first kappa shape index (κ1) is 12.7. The molecule has 0 fully saturated rings. The Morgan fingerprint density at radius 2 is 2.16 bits per heavy atom. The van der Waals surface area contributed by atoms with E-state index in [9.17, 15) is 14.9 Å². The fourth-order valence-corrected chi connectivity index (χ4v) is 1.55. The molecule has 0 saturated heterocycles. The van der Waals surface area contributed by atoms with E-state index in [0.29, 0.717) is 11.1 Å². The number of nitrogens with zero attached hydrogens (tertiary/aromatic N) is 3. The van der Waals surface area contributed by atoms with E-state index in [-0.39, 0.29) is 17.5 Å². The Bertz CT molecular complexity index is 650. The number of aromatic nitrogens is 2. The minimum atomic E-state index is -0.762. The molecular weight excluding hydrogens is 254 g/mol. The lowest BCUT2D eigenvalue weighted by atomic mass is 10.1. The van der Waals surface area contributed by atoms with Crippen molar-refractivity contribution in [2.24, 2.45) is 0 Å². The molecule has 0 atom stereocenters. The van der Waals surface area contributed by atoms with Crippen molar-refractivity contribution < 1.29 is 18.9 Å². The fraction of sp³-hybridized carbons (Fsp3) is 0.182. The summed E-state index contributed by atoms with van der Waals surface area (Å²) in [5.41, 5.74) is 0.722. The van der Waals surface area contributed by atoms with Crippen LogP contribution in [0, 0.1) is 17.0 Å². The molecule has 0 aliphatic rings. The maximum Gasteiger partial charge on any atom is 0.396 e. The van der Waals surface area contributed by atoms with Crippen molar-refractivity contribution in [2.45, 2.75) is 6.92 Å². The van der Waals surface area contributed by atoms with Gasteiger partial charge in [-0.25, -0.2) is 4.79 Å². The van der Waals surface area contributed by atoms with E-state index in [1.54, 1.807) is 13.0 Å². The lowest BCUT2D eigenvalue weighted by Gasteiger charge is -2.01. The van der Waals surface area contributed by atoms with E-state index >= 15 is 0 Å². The first-order chi connectivity index (χ1) is 9.04. The Morgan fingerprint density at radius 3 is 2.79 bits per heavy atom. The Kier molecular flexibility index (Phi) is 3.23. The molecule has 0 aliphatic heterocycles. The van der Waals surface area contributed by atoms with Gasteiger partial charge in [-0.15, -0.1) is 10.2 Å². The second kappa shape index (κ2) is 4.84. The molecule has 0 saturated carbocycles. The van der Waals surface area contributed by atoms with Gasteiger partial charge in [-0.05, 0) is 13.0 Å². The van der Waals surface area contributed by atoms with Gasteiger partial charge in [0.2, 0.25) is 5.89 Å². The van der Waals surface area contributed by atoms with Gasteiger partial charge in [0.25, 0.3) is 5.69 Å². The molecule has 1 aromatic carbocycles. The van der Waals surface area contributed by atoms with Gasteiger partial charge in [0.15, 0.2) is 0 Å².